The van der Waals surface area contributed by atoms with Gasteiger partial charge in [-0.15, -0.1) is 0 Å². The molecule has 1 heterocycles. The topological polar surface area (TPSA) is 74.7 Å². The van der Waals surface area contributed by atoms with E-state index in [2.05, 4.69) is 0 Å². The summed E-state index contributed by atoms with van der Waals surface area (Å²) in [5.41, 5.74) is 2.11. The summed E-state index contributed by atoms with van der Waals surface area (Å²) in [7, 11) is -3.83. The van der Waals surface area contributed by atoms with Crippen molar-refractivity contribution in [2.24, 2.45) is 5.92 Å². The number of hydrogen-bond donors (Lipinski definition) is 1. The minimum absolute atomic E-state index is 0.0507. The fraction of sp³-hybridized carbons (Fsp3) is 0.438. The molecule has 0 saturated heterocycles. The number of carbonyl (C=O) groups is 1. The number of rotatable bonds is 3. The number of nitrogens with zero attached hydrogens (tertiary/aromatic N) is 1. The van der Waals surface area contributed by atoms with Crippen LogP contribution in [0.4, 0.5) is 0 Å². The van der Waals surface area contributed by atoms with E-state index < -0.39 is 16.1 Å². The normalized spacial score (nSPS) is 25.0. The second kappa shape index (κ2) is 5.21. The van der Waals surface area contributed by atoms with Crippen LogP contribution in [0.25, 0.3) is 0 Å². The number of ketones is 1. The highest BCUT2D eigenvalue weighted by Crippen LogP contribution is 2.43. The number of sulfonamides is 1. The molecule has 0 unspecified atom stereocenters. The minimum atomic E-state index is -3.83. The van der Waals surface area contributed by atoms with Crippen molar-refractivity contribution in [1.82, 2.24) is 4.31 Å². The van der Waals surface area contributed by atoms with Gasteiger partial charge in [0.25, 0.3) is 10.0 Å². The van der Waals surface area contributed by atoms with E-state index in [-0.39, 0.29) is 28.9 Å². The summed E-state index contributed by atoms with van der Waals surface area (Å²) in [6.45, 7) is 3.51. The summed E-state index contributed by atoms with van der Waals surface area (Å²) >= 11 is 0. The Morgan fingerprint density at radius 3 is 2.45 bits per heavy atom. The molecule has 118 valence electrons. The van der Waals surface area contributed by atoms with E-state index in [1.165, 1.54) is 0 Å². The molecule has 0 fully saturated rings. The van der Waals surface area contributed by atoms with E-state index in [4.69, 9.17) is 0 Å². The molecule has 2 atom stereocenters. The number of benzene rings is 1. The summed E-state index contributed by atoms with van der Waals surface area (Å²) in [4.78, 5) is 12.4. The van der Waals surface area contributed by atoms with E-state index in [1.807, 2.05) is 13.8 Å². The molecule has 0 spiro atoms. The SMILES string of the molecule is Cc1ccc(S(=O)(=O)N2C3=C(C[C@@H]2CO)[C@@H](C)CC3=O)cc1. The van der Waals surface area contributed by atoms with Gasteiger partial charge in [0, 0.05) is 6.42 Å². The molecular formula is C16H19NO4S. The van der Waals surface area contributed by atoms with Crippen molar-refractivity contribution < 1.29 is 18.3 Å². The lowest BCUT2D eigenvalue weighted by Gasteiger charge is -2.27. The molecule has 1 aliphatic heterocycles. The number of aryl methyl sites for hydroxylation is 1. The lowest BCUT2D eigenvalue weighted by molar-refractivity contribution is -0.116. The van der Waals surface area contributed by atoms with Gasteiger partial charge in [-0.3, -0.25) is 9.10 Å². The lowest BCUT2D eigenvalue weighted by Crippen LogP contribution is -2.40. The Bertz CT molecular complexity index is 749. The summed E-state index contributed by atoms with van der Waals surface area (Å²) < 4.78 is 27.0. The molecule has 5 nitrogen and oxygen atoms in total. The summed E-state index contributed by atoms with van der Waals surface area (Å²) in [6.07, 6.45) is 0.784. The third-order valence-corrected chi connectivity index (χ3v) is 6.32. The van der Waals surface area contributed by atoms with Gasteiger partial charge < -0.3 is 5.11 Å². The van der Waals surface area contributed by atoms with Gasteiger partial charge in [0.1, 0.15) is 0 Å². The number of hydrogen-bond acceptors (Lipinski definition) is 4. The van der Waals surface area contributed by atoms with Gasteiger partial charge >= 0.3 is 0 Å². The average Bonchev–Trinajstić information content (AvgIpc) is 2.98. The highest BCUT2D eigenvalue weighted by Gasteiger charge is 2.47. The van der Waals surface area contributed by atoms with Crippen LogP contribution in [0.1, 0.15) is 25.3 Å². The molecule has 2 aliphatic rings. The third-order valence-electron chi connectivity index (χ3n) is 4.45. The lowest BCUT2D eigenvalue weighted by atomic mass is 9.99. The van der Waals surface area contributed by atoms with Gasteiger partial charge in [0.2, 0.25) is 0 Å². The van der Waals surface area contributed by atoms with E-state index in [9.17, 15) is 18.3 Å². The highest BCUT2D eigenvalue weighted by atomic mass is 32.2. The van der Waals surface area contributed by atoms with E-state index in [1.54, 1.807) is 24.3 Å². The third kappa shape index (κ3) is 2.18. The summed E-state index contributed by atoms with van der Waals surface area (Å²) in [5, 5.41) is 9.57. The molecule has 0 radical (unpaired) electrons. The van der Waals surface area contributed by atoms with E-state index in [0.717, 1.165) is 15.4 Å². The van der Waals surface area contributed by atoms with Gasteiger partial charge in [-0.1, -0.05) is 24.6 Å². The standard InChI is InChI=1S/C16H19NO4S/c1-10-3-5-13(6-4-10)22(20,21)17-12(9-18)8-14-11(2)7-15(19)16(14)17/h3-6,11-12,18H,7-9H2,1-2H3/t11-,12+/m0/s1. The quantitative estimate of drug-likeness (QED) is 0.918. The molecule has 0 bridgehead atoms. The second-order valence-electron chi connectivity index (χ2n) is 6.06. The largest absolute Gasteiger partial charge is 0.394 e. The van der Waals surface area contributed by atoms with Gasteiger partial charge in [-0.2, -0.15) is 0 Å². The van der Waals surface area contributed by atoms with Crippen LogP contribution < -0.4 is 0 Å². The molecule has 1 aromatic rings. The molecular weight excluding hydrogens is 302 g/mol. The van der Waals surface area contributed by atoms with Crippen LogP contribution in [0.3, 0.4) is 0 Å². The van der Waals surface area contributed by atoms with Crippen LogP contribution >= 0.6 is 0 Å². The Labute approximate surface area is 130 Å². The van der Waals surface area contributed by atoms with Crippen molar-refractivity contribution in [3.63, 3.8) is 0 Å². The van der Waals surface area contributed by atoms with Crippen LogP contribution in [-0.2, 0) is 14.8 Å². The molecule has 0 aromatic heterocycles. The van der Waals surface area contributed by atoms with Crippen molar-refractivity contribution >= 4 is 15.8 Å². The molecule has 1 aliphatic carbocycles. The number of aliphatic hydroxyl groups is 1. The number of aliphatic hydroxyl groups excluding tert-OH is 1. The van der Waals surface area contributed by atoms with Crippen molar-refractivity contribution in [3.05, 3.63) is 41.1 Å². The van der Waals surface area contributed by atoms with Gasteiger partial charge in [-0.25, -0.2) is 8.42 Å². The smallest absolute Gasteiger partial charge is 0.264 e. The maximum atomic E-state index is 12.9. The molecule has 0 amide bonds. The predicted molar refractivity (Wildman–Crippen MR) is 81.5 cm³/mol. The Balaban J connectivity index is 2.09. The highest BCUT2D eigenvalue weighted by molar-refractivity contribution is 7.89. The number of allylic oxidation sites excluding steroid dienone is 1. The number of carbonyl (C=O) groups excluding carboxylic acids is 1. The van der Waals surface area contributed by atoms with Crippen molar-refractivity contribution in [2.75, 3.05) is 6.61 Å². The first-order chi connectivity index (χ1) is 10.4. The van der Waals surface area contributed by atoms with Crippen molar-refractivity contribution in [1.29, 1.82) is 0 Å². The van der Waals surface area contributed by atoms with E-state index >= 15 is 0 Å². The second-order valence-corrected chi connectivity index (χ2v) is 7.87. The summed E-state index contributed by atoms with van der Waals surface area (Å²) in [5.74, 6) is -0.0936. The molecule has 3 rings (SSSR count). The Morgan fingerprint density at radius 2 is 1.86 bits per heavy atom. The zero-order valence-electron chi connectivity index (χ0n) is 12.6. The fourth-order valence-electron chi connectivity index (χ4n) is 3.27. The molecule has 1 aromatic carbocycles. The van der Waals surface area contributed by atoms with Crippen LogP contribution in [-0.4, -0.2) is 36.3 Å². The van der Waals surface area contributed by atoms with Gasteiger partial charge in [0.05, 0.1) is 23.2 Å². The zero-order valence-corrected chi connectivity index (χ0v) is 13.4. The van der Waals surface area contributed by atoms with Crippen molar-refractivity contribution in [2.45, 2.75) is 37.6 Å². The molecule has 1 N–H and O–H groups in total. The maximum absolute atomic E-state index is 12.9. The monoisotopic (exact) mass is 321 g/mol. The Hall–Kier alpha value is -1.66. The van der Waals surface area contributed by atoms with Gasteiger partial charge in [-0.05, 0) is 37.0 Å². The Morgan fingerprint density at radius 1 is 1.23 bits per heavy atom. The van der Waals surface area contributed by atoms with Crippen LogP contribution in [0.15, 0.2) is 40.4 Å². The fourth-order valence-corrected chi connectivity index (χ4v) is 4.97. The van der Waals surface area contributed by atoms with E-state index in [0.29, 0.717) is 12.8 Å². The van der Waals surface area contributed by atoms with Crippen molar-refractivity contribution in [3.8, 4) is 0 Å². The van der Waals surface area contributed by atoms with Crippen LogP contribution in [0.2, 0.25) is 0 Å². The van der Waals surface area contributed by atoms with Gasteiger partial charge in [0.15, 0.2) is 5.78 Å². The maximum Gasteiger partial charge on any atom is 0.264 e. The molecule has 6 heteroatoms. The Kier molecular flexibility index (Phi) is 3.61. The average molecular weight is 321 g/mol. The molecule has 22 heavy (non-hydrogen) atoms. The molecule has 0 saturated carbocycles. The first-order valence-electron chi connectivity index (χ1n) is 7.34. The minimum Gasteiger partial charge on any atom is -0.394 e. The predicted octanol–water partition coefficient (Wildman–Crippen LogP) is 1.61. The first-order valence-corrected chi connectivity index (χ1v) is 8.78. The van der Waals surface area contributed by atoms with Crippen LogP contribution in [0.5, 0.6) is 0 Å². The summed E-state index contributed by atoms with van der Waals surface area (Å²) in [6, 6.07) is 5.96. The van der Waals surface area contributed by atoms with Crippen LogP contribution in [0, 0.1) is 12.8 Å². The number of Topliss-reactive ketones (excluding diaryl/α,β-unsaturated/α-hetero) is 1. The zero-order chi connectivity index (χ0) is 16.1. The first kappa shape index (κ1) is 15.2.